The molecule has 1 fully saturated rings. The van der Waals surface area contributed by atoms with E-state index >= 15 is 4.39 Å². The van der Waals surface area contributed by atoms with E-state index in [1.54, 1.807) is 31.4 Å². The molecular formula is C26H23F3N4O2. The van der Waals surface area contributed by atoms with Crippen molar-refractivity contribution in [3.05, 3.63) is 93.4 Å². The molecule has 6 nitrogen and oxygen atoms in total. The van der Waals surface area contributed by atoms with E-state index in [1.807, 2.05) is 11.0 Å². The van der Waals surface area contributed by atoms with Gasteiger partial charge in [-0.15, -0.1) is 0 Å². The molecule has 180 valence electrons. The van der Waals surface area contributed by atoms with Crippen molar-refractivity contribution in [2.45, 2.75) is 19.0 Å². The molecule has 1 N–H and O–H groups in total. The number of nitriles is 1. The third kappa shape index (κ3) is 5.06. The first-order chi connectivity index (χ1) is 16.8. The number of alkyl halides is 1. The Hall–Kier alpha value is -4.06. The number of piperidine rings is 1. The molecule has 0 spiro atoms. The normalized spacial score (nSPS) is 14.9. The van der Waals surface area contributed by atoms with Gasteiger partial charge in [-0.25, -0.2) is 13.2 Å². The molecule has 1 aliphatic rings. The third-order valence-corrected chi connectivity index (χ3v) is 6.29. The molecule has 2 aromatic carbocycles. The lowest BCUT2D eigenvalue weighted by molar-refractivity contribution is 0.102. The largest absolute Gasteiger partial charge is 0.370 e. The molecule has 4 rings (SSSR count). The van der Waals surface area contributed by atoms with Gasteiger partial charge in [0.2, 0.25) is 0 Å². The highest BCUT2D eigenvalue weighted by atomic mass is 19.1. The SMILES string of the molecule is Cn1cccc(C(=O)Nc2cc(C#N)ccc2N2CCC(C(F)c3cc(F)ccc3F)CC2)c1=O. The monoisotopic (exact) mass is 480 g/mol. The molecule has 9 heteroatoms. The first kappa shape index (κ1) is 24.1. The van der Waals surface area contributed by atoms with Gasteiger partial charge in [0, 0.05) is 31.9 Å². The van der Waals surface area contributed by atoms with Crippen LogP contribution in [0.5, 0.6) is 0 Å². The van der Waals surface area contributed by atoms with E-state index in [-0.39, 0.29) is 11.1 Å². The molecule has 0 radical (unpaired) electrons. The van der Waals surface area contributed by atoms with E-state index in [0.29, 0.717) is 42.9 Å². The zero-order valence-electron chi connectivity index (χ0n) is 19.0. The fraction of sp³-hybridized carbons (Fsp3) is 0.269. The number of nitrogens with one attached hydrogen (secondary N) is 1. The maximum absolute atomic E-state index is 15.0. The summed E-state index contributed by atoms with van der Waals surface area (Å²) in [6, 6.07) is 12.6. The van der Waals surface area contributed by atoms with Gasteiger partial charge in [-0.2, -0.15) is 5.26 Å². The lowest BCUT2D eigenvalue weighted by atomic mass is 9.88. The van der Waals surface area contributed by atoms with Crippen LogP contribution in [0.25, 0.3) is 0 Å². The summed E-state index contributed by atoms with van der Waals surface area (Å²) < 4.78 is 43.9. The molecule has 1 amide bonds. The van der Waals surface area contributed by atoms with Gasteiger partial charge in [-0.05, 0) is 67.3 Å². The second kappa shape index (κ2) is 10.1. The number of hydrogen-bond acceptors (Lipinski definition) is 4. The van der Waals surface area contributed by atoms with E-state index in [4.69, 9.17) is 0 Å². The number of aryl methyl sites for hydroxylation is 1. The summed E-state index contributed by atoms with van der Waals surface area (Å²) in [5.41, 5.74) is 0.522. The van der Waals surface area contributed by atoms with Crippen LogP contribution in [-0.2, 0) is 7.05 Å². The van der Waals surface area contributed by atoms with Crippen molar-refractivity contribution in [3.8, 4) is 6.07 Å². The lowest BCUT2D eigenvalue weighted by Crippen LogP contribution is -2.36. The summed E-state index contributed by atoms with van der Waals surface area (Å²) in [5.74, 6) is -2.56. The van der Waals surface area contributed by atoms with E-state index in [2.05, 4.69) is 5.32 Å². The molecular weight excluding hydrogens is 457 g/mol. The van der Waals surface area contributed by atoms with Crippen LogP contribution >= 0.6 is 0 Å². The van der Waals surface area contributed by atoms with Crippen LogP contribution in [0, 0.1) is 28.9 Å². The summed E-state index contributed by atoms with van der Waals surface area (Å²) in [6.45, 7) is 0.813. The highest BCUT2D eigenvalue weighted by Crippen LogP contribution is 2.38. The molecule has 2 heterocycles. The Labute approximate surface area is 200 Å². The minimum atomic E-state index is -1.64. The van der Waals surface area contributed by atoms with Crippen LogP contribution in [0.3, 0.4) is 0 Å². The van der Waals surface area contributed by atoms with Crippen LogP contribution in [0.15, 0.2) is 59.5 Å². The molecule has 1 aliphatic heterocycles. The molecule has 35 heavy (non-hydrogen) atoms. The zero-order chi connectivity index (χ0) is 25.1. The second-order valence-electron chi connectivity index (χ2n) is 8.53. The first-order valence-corrected chi connectivity index (χ1v) is 11.1. The molecule has 1 atom stereocenters. The van der Waals surface area contributed by atoms with Crippen molar-refractivity contribution in [1.29, 1.82) is 5.26 Å². The number of hydrogen-bond donors (Lipinski definition) is 1. The smallest absolute Gasteiger partial charge is 0.263 e. The standard InChI is InChI=1S/C26H23F3N4O2/c1-32-10-2-3-19(26(32)35)25(34)31-22-13-16(15-30)4-7-23(22)33-11-8-17(9-12-33)24(29)20-14-18(27)5-6-21(20)28/h2-7,10,13-14,17,24H,8-9,11-12H2,1H3,(H,31,34). The van der Waals surface area contributed by atoms with Crippen molar-refractivity contribution in [2.75, 3.05) is 23.3 Å². The average Bonchev–Trinajstić information content (AvgIpc) is 2.86. The van der Waals surface area contributed by atoms with E-state index in [0.717, 1.165) is 18.2 Å². The van der Waals surface area contributed by atoms with Crippen LogP contribution in [0.1, 0.15) is 40.5 Å². The van der Waals surface area contributed by atoms with Crippen molar-refractivity contribution < 1.29 is 18.0 Å². The molecule has 1 unspecified atom stereocenters. The minimum Gasteiger partial charge on any atom is -0.370 e. The van der Waals surface area contributed by atoms with E-state index in [1.165, 1.54) is 16.7 Å². The summed E-state index contributed by atoms with van der Waals surface area (Å²) >= 11 is 0. The van der Waals surface area contributed by atoms with Crippen LogP contribution in [0.4, 0.5) is 24.5 Å². The van der Waals surface area contributed by atoms with Gasteiger partial charge in [0.05, 0.1) is 23.0 Å². The molecule has 0 aliphatic carbocycles. The van der Waals surface area contributed by atoms with Crippen LogP contribution < -0.4 is 15.8 Å². The number of carbonyl (C=O) groups is 1. The Bertz CT molecular complexity index is 1360. The average molecular weight is 480 g/mol. The highest BCUT2D eigenvalue weighted by molar-refractivity contribution is 6.05. The number of anilines is 2. The number of pyridine rings is 1. The Morgan fingerprint density at radius 1 is 1.14 bits per heavy atom. The third-order valence-electron chi connectivity index (χ3n) is 6.29. The predicted molar refractivity (Wildman–Crippen MR) is 126 cm³/mol. The van der Waals surface area contributed by atoms with Gasteiger partial charge in [-0.1, -0.05) is 0 Å². The van der Waals surface area contributed by atoms with Gasteiger partial charge < -0.3 is 14.8 Å². The number of rotatable bonds is 5. The fourth-order valence-corrected chi connectivity index (χ4v) is 4.35. The molecule has 0 bridgehead atoms. The quantitative estimate of drug-likeness (QED) is 0.574. The van der Waals surface area contributed by atoms with E-state index in [9.17, 15) is 23.6 Å². The summed E-state index contributed by atoms with van der Waals surface area (Å²) in [6.07, 6.45) is 0.661. The van der Waals surface area contributed by atoms with Crippen LogP contribution in [-0.4, -0.2) is 23.6 Å². The fourth-order valence-electron chi connectivity index (χ4n) is 4.35. The molecule has 1 aromatic heterocycles. The zero-order valence-corrected chi connectivity index (χ0v) is 19.0. The van der Waals surface area contributed by atoms with Crippen molar-refractivity contribution in [2.24, 2.45) is 13.0 Å². The molecule has 0 saturated carbocycles. The maximum Gasteiger partial charge on any atom is 0.263 e. The summed E-state index contributed by atoms with van der Waals surface area (Å²) in [4.78, 5) is 27.1. The number of halogens is 3. The Morgan fingerprint density at radius 3 is 2.60 bits per heavy atom. The Morgan fingerprint density at radius 2 is 1.89 bits per heavy atom. The molecule has 1 saturated heterocycles. The Kier molecular flexibility index (Phi) is 6.92. The number of amides is 1. The van der Waals surface area contributed by atoms with Gasteiger partial charge in [-0.3, -0.25) is 9.59 Å². The van der Waals surface area contributed by atoms with Gasteiger partial charge in [0.15, 0.2) is 0 Å². The minimum absolute atomic E-state index is 0.0422. The van der Waals surface area contributed by atoms with Gasteiger partial charge in [0.1, 0.15) is 23.4 Å². The number of carbonyl (C=O) groups excluding carboxylic acids is 1. The van der Waals surface area contributed by atoms with Crippen molar-refractivity contribution in [3.63, 3.8) is 0 Å². The molecule has 3 aromatic rings. The van der Waals surface area contributed by atoms with Crippen molar-refractivity contribution in [1.82, 2.24) is 4.57 Å². The first-order valence-electron chi connectivity index (χ1n) is 11.1. The summed E-state index contributed by atoms with van der Waals surface area (Å²) in [7, 11) is 1.54. The van der Waals surface area contributed by atoms with E-state index < -0.39 is 35.2 Å². The lowest BCUT2D eigenvalue weighted by Gasteiger charge is -2.36. The second-order valence-corrected chi connectivity index (χ2v) is 8.53. The Balaban J connectivity index is 1.53. The van der Waals surface area contributed by atoms with Gasteiger partial charge in [0.25, 0.3) is 11.5 Å². The van der Waals surface area contributed by atoms with Gasteiger partial charge >= 0.3 is 0 Å². The maximum atomic E-state index is 15.0. The highest BCUT2D eigenvalue weighted by Gasteiger charge is 2.30. The number of nitrogens with zero attached hydrogens (tertiary/aromatic N) is 3. The topological polar surface area (TPSA) is 78.1 Å². The summed E-state index contributed by atoms with van der Waals surface area (Å²) in [5, 5.41) is 12.0. The number of aromatic nitrogens is 1. The predicted octanol–water partition coefficient (Wildman–Crippen LogP) is 4.71. The van der Waals surface area contributed by atoms with Crippen molar-refractivity contribution >= 4 is 17.3 Å². The number of benzene rings is 2. The van der Waals surface area contributed by atoms with Crippen LogP contribution in [0.2, 0.25) is 0 Å².